The zero-order valence-corrected chi connectivity index (χ0v) is 28.6. The molecule has 0 bridgehead atoms. The maximum absolute atomic E-state index is 12.3. The molecule has 0 radical (unpaired) electrons. The summed E-state index contributed by atoms with van der Waals surface area (Å²) in [5.41, 5.74) is 12.9. The average Bonchev–Trinajstić information content (AvgIpc) is 3.71. The molecule has 4 aliphatic rings. The van der Waals surface area contributed by atoms with Crippen LogP contribution >= 0.6 is 35.0 Å². The normalized spacial score (nSPS) is 21.6. The van der Waals surface area contributed by atoms with Crippen LogP contribution in [0.25, 0.3) is 0 Å². The Balaban J connectivity index is 0.000000314. The zero-order chi connectivity index (χ0) is 32.5. The van der Waals surface area contributed by atoms with Gasteiger partial charge in [0.15, 0.2) is 5.69 Å². The van der Waals surface area contributed by atoms with Gasteiger partial charge in [0.25, 0.3) is 5.91 Å². The summed E-state index contributed by atoms with van der Waals surface area (Å²) in [5, 5.41) is 8.29. The molecule has 1 aromatic carbocycles. The van der Waals surface area contributed by atoms with Crippen molar-refractivity contribution < 1.29 is 13.9 Å². The van der Waals surface area contributed by atoms with Crippen molar-refractivity contribution in [1.29, 1.82) is 0 Å². The van der Waals surface area contributed by atoms with Gasteiger partial charge in [-0.1, -0.05) is 23.2 Å². The van der Waals surface area contributed by atoms with Crippen LogP contribution in [0.5, 0.6) is 6.01 Å². The van der Waals surface area contributed by atoms with Gasteiger partial charge in [-0.05, 0) is 62.4 Å². The van der Waals surface area contributed by atoms with Crippen molar-refractivity contribution in [3.8, 4) is 6.01 Å². The number of aryl methyl sites for hydroxylation is 1. The van der Waals surface area contributed by atoms with Gasteiger partial charge in [-0.2, -0.15) is 15.1 Å². The lowest BCUT2D eigenvalue weighted by Gasteiger charge is -2.30. The van der Waals surface area contributed by atoms with E-state index < -0.39 is 0 Å². The molecular formula is C32H39Cl2FN8O2S. The number of methoxy groups -OCH3 is 1. The largest absolute Gasteiger partial charge is 0.467 e. The van der Waals surface area contributed by atoms with Gasteiger partial charge < -0.3 is 20.7 Å². The minimum Gasteiger partial charge on any atom is -0.467 e. The van der Waals surface area contributed by atoms with Gasteiger partial charge >= 0.3 is 6.01 Å². The number of carbonyl (C=O) groups excluding carboxylic acids is 1. The van der Waals surface area contributed by atoms with Gasteiger partial charge in [0.05, 0.1) is 41.4 Å². The Kier molecular flexibility index (Phi) is 9.98. The first-order valence-corrected chi connectivity index (χ1v) is 17.4. The summed E-state index contributed by atoms with van der Waals surface area (Å²) in [6, 6.07) is 4.56. The molecule has 6 heterocycles. The van der Waals surface area contributed by atoms with E-state index in [9.17, 15) is 9.18 Å². The molecule has 1 amide bonds. The van der Waals surface area contributed by atoms with Crippen molar-refractivity contribution in [2.24, 2.45) is 0 Å². The van der Waals surface area contributed by atoms with Crippen LogP contribution in [0.3, 0.4) is 0 Å². The molecule has 2 unspecified atom stereocenters. The molecule has 10 nitrogen and oxygen atoms in total. The lowest BCUT2D eigenvalue weighted by atomic mass is 10.0. The van der Waals surface area contributed by atoms with Crippen molar-refractivity contribution in [1.82, 2.24) is 30.0 Å². The fourth-order valence-electron chi connectivity index (χ4n) is 6.85. The van der Waals surface area contributed by atoms with E-state index in [-0.39, 0.29) is 11.2 Å². The van der Waals surface area contributed by atoms with Gasteiger partial charge in [0.2, 0.25) is 0 Å². The van der Waals surface area contributed by atoms with Crippen LogP contribution in [0.1, 0.15) is 69.5 Å². The molecule has 3 aromatic rings. The van der Waals surface area contributed by atoms with Gasteiger partial charge in [0.1, 0.15) is 5.82 Å². The topological polar surface area (TPSA) is 114 Å². The Morgan fingerprint density at radius 3 is 2.74 bits per heavy atom. The number of hydrogen-bond acceptors (Lipinski definition) is 9. The SMILES string of the molecule is CNC(=O)c1nn2c(c1C)CN(c1nc(OC)nc3c1CSC(c1cc(N)cc(Cl)c1Cl)C3)CCC2.F/C=C1/CC2CCCN2C1. The Morgan fingerprint density at radius 1 is 1.17 bits per heavy atom. The molecule has 3 N–H and O–H groups in total. The highest BCUT2D eigenvalue weighted by Gasteiger charge is 2.33. The Morgan fingerprint density at radius 2 is 2.00 bits per heavy atom. The summed E-state index contributed by atoms with van der Waals surface area (Å²) in [6.07, 6.45) is 5.88. The van der Waals surface area contributed by atoms with Crippen LogP contribution in [-0.4, -0.2) is 70.4 Å². The first-order chi connectivity index (χ1) is 22.2. The molecule has 246 valence electrons. The molecule has 0 aliphatic carbocycles. The van der Waals surface area contributed by atoms with Crippen LogP contribution in [-0.2, 0) is 25.3 Å². The number of thioether (sulfide) groups is 1. The number of nitrogens with two attached hydrogens (primary N) is 1. The Hall–Kier alpha value is -3.06. The predicted octanol–water partition coefficient (Wildman–Crippen LogP) is 5.89. The van der Waals surface area contributed by atoms with E-state index in [1.54, 1.807) is 32.0 Å². The van der Waals surface area contributed by atoms with Crippen LogP contribution in [0.15, 0.2) is 24.0 Å². The lowest BCUT2D eigenvalue weighted by molar-refractivity contribution is 0.0956. The minimum absolute atomic E-state index is 0.0568. The van der Waals surface area contributed by atoms with E-state index in [0.29, 0.717) is 52.2 Å². The molecule has 0 saturated carbocycles. The average molecular weight is 690 g/mol. The molecular weight excluding hydrogens is 650 g/mol. The highest BCUT2D eigenvalue weighted by atomic mass is 35.5. The van der Waals surface area contributed by atoms with E-state index in [2.05, 4.69) is 20.2 Å². The number of benzene rings is 1. The van der Waals surface area contributed by atoms with Crippen molar-refractivity contribution in [3.63, 3.8) is 0 Å². The van der Waals surface area contributed by atoms with E-state index in [1.165, 1.54) is 19.4 Å². The van der Waals surface area contributed by atoms with E-state index in [4.69, 9.17) is 43.6 Å². The number of nitrogens with one attached hydrogen (secondary N) is 1. The zero-order valence-electron chi connectivity index (χ0n) is 26.3. The molecule has 2 fully saturated rings. The third kappa shape index (κ3) is 6.54. The second kappa shape index (κ2) is 14.0. The van der Waals surface area contributed by atoms with Crippen LogP contribution in [0.2, 0.25) is 10.0 Å². The second-order valence-corrected chi connectivity index (χ2v) is 14.1. The molecule has 2 aromatic heterocycles. The third-order valence-electron chi connectivity index (χ3n) is 9.22. The third-order valence-corrected chi connectivity index (χ3v) is 11.3. The minimum atomic E-state index is -0.177. The first-order valence-electron chi connectivity index (χ1n) is 15.6. The smallest absolute Gasteiger partial charge is 0.318 e. The highest BCUT2D eigenvalue weighted by molar-refractivity contribution is 7.98. The molecule has 2 saturated heterocycles. The number of ether oxygens (including phenoxy) is 1. The van der Waals surface area contributed by atoms with Crippen LogP contribution in [0.4, 0.5) is 15.9 Å². The van der Waals surface area contributed by atoms with E-state index in [0.717, 1.165) is 78.3 Å². The van der Waals surface area contributed by atoms with E-state index in [1.807, 2.05) is 17.7 Å². The number of nitrogen functional groups attached to an aromatic ring is 1. The summed E-state index contributed by atoms with van der Waals surface area (Å²) >= 11 is 14.6. The second-order valence-electron chi connectivity index (χ2n) is 12.1. The van der Waals surface area contributed by atoms with Gasteiger partial charge in [-0.3, -0.25) is 14.4 Å². The molecule has 14 heteroatoms. The maximum Gasteiger partial charge on any atom is 0.318 e. The van der Waals surface area contributed by atoms with Gasteiger partial charge in [-0.25, -0.2) is 4.39 Å². The molecule has 4 aliphatic heterocycles. The summed E-state index contributed by atoms with van der Waals surface area (Å²) < 4.78 is 19.5. The monoisotopic (exact) mass is 688 g/mol. The lowest BCUT2D eigenvalue weighted by Crippen LogP contribution is -2.27. The van der Waals surface area contributed by atoms with Crippen molar-refractivity contribution >= 4 is 52.4 Å². The number of amides is 1. The van der Waals surface area contributed by atoms with E-state index >= 15 is 0 Å². The number of rotatable bonds is 4. The summed E-state index contributed by atoms with van der Waals surface area (Å²) in [6.45, 7) is 6.15. The van der Waals surface area contributed by atoms with Crippen LogP contribution in [0, 0.1) is 6.92 Å². The molecule has 0 spiro atoms. The number of aromatic nitrogens is 4. The maximum atomic E-state index is 12.3. The summed E-state index contributed by atoms with van der Waals surface area (Å²) in [5.74, 6) is 1.39. The quantitative estimate of drug-likeness (QED) is 0.324. The van der Waals surface area contributed by atoms with Crippen LogP contribution < -0.4 is 20.7 Å². The fraction of sp³-hybridized carbons (Fsp3) is 0.500. The summed E-state index contributed by atoms with van der Waals surface area (Å²) in [4.78, 5) is 26.4. The van der Waals surface area contributed by atoms with Gasteiger partial charge in [-0.15, -0.1) is 11.8 Å². The Labute approximate surface area is 282 Å². The summed E-state index contributed by atoms with van der Waals surface area (Å²) in [7, 11) is 3.19. The van der Waals surface area contributed by atoms with Crippen molar-refractivity contribution in [2.45, 2.75) is 69.2 Å². The number of halogens is 3. The molecule has 7 rings (SSSR count). The Bertz CT molecular complexity index is 1650. The molecule has 2 atom stereocenters. The first kappa shape index (κ1) is 32.9. The fourth-order valence-corrected chi connectivity index (χ4v) is 8.69. The predicted molar refractivity (Wildman–Crippen MR) is 182 cm³/mol. The van der Waals surface area contributed by atoms with Crippen molar-refractivity contribution in [2.75, 3.05) is 44.4 Å². The molecule has 46 heavy (non-hydrogen) atoms. The number of anilines is 2. The van der Waals surface area contributed by atoms with Crippen molar-refractivity contribution in [3.05, 3.63) is 67.9 Å². The number of nitrogens with zero attached hydrogens (tertiary/aromatic N) is 6. The number of hydrogen-bond donors (Lipinski definition) is 2. The number of fused-ring (bicyclic) bond motifs is 3. The standard InChI is InChI=1S/C24H27Cl2N7O2S.C8H12FN/c1-12-18-10-32(5-4-6-33(18)31-21(12)23(34)28-2)22-15-11-36-19(9-17(15)29-24(30-22)35-3)14-7-13(27)8-16(25)20(14)26;9-5-7-4-8-2-1-3-10(8)6-7/h7-8,19H,4-6,9-11,27H2,1-3H3,(H,28,34);5,8H,1-4,6H2/b;7-5-. The van der Waals surface area contributed by atoms with Gasteiger partial charge in [0, 0.05) is 67.0 Å². The number of carbonyl (C=O) groups is 1. The highest BCUT2D eigenvalue weighted by Crippen LogP contribution is 2.47.